The van der Waals surface area contributed by atoms with E-state index in [9.17, 15) is 14.9 Å². The highest BCUT2D eigenvalue weighted by atomic mass is 16.7. The monoisotopic (exact) mass is 493 g/mol. The van der Waals surface area contributed by atoms with Crippen molar-refractivity contribution in [2.24, 2.45) is 0 Å². The standard InChI is InChI=1S/C24H23N5O7/c1-33-20-12-16(18(29(31)32)13-21(20)34-2)24(30)28-9-7-27(8-10-28)23-6-4-17(25-26-23)15-3-5-19-22(11-15)36-14-35-19/h3-6,11-13H,7-10,14H2,1-2H3. The van der Waals surface area contributed by atoms with Crippen molar-refractivity contribution in [3.63, 3.8) is 0 Å². The Morgan fingerprint density at radius 1 is 0.944 bits per heavy atom. The normalized spacial score (nSPS) is 14.5. The first kappa shape index (κ1) is 23.1. The first-order valence-electron chi connectivity index (χ1n) is 11.2. The van der Waals surface area contributed by atoms with Gasteiger partial charge in [-0.2, -0.15) is 0 Å². The average Bonchev–Trinajstić information content (AvgIpc) is 3.40. The molecule has 0 bridgehead atoms. The smallest absolute Gasteiger partial charge is 0.286 e. The zero-order chi connectivity index (χ0) is 25.2. The number of anilines is 1. The molecule has 3 aromatic rings. The van der Waals surface area contributed by atoms with Crippen molar-refractivity contribution in [1.29, 1.82) is 0 Å². The summed E-state index contributed by atoms with van der Waals surface area (Å²) in [6.07, 6.45) is 0. The van der Waals surface area contributed by atoms with E-state index in [-0.39, 0.29) is 29.5 Å². The first-order chi connectivity index (χ1) is 17.5. The maximum absolute atomic E-state index is 13.2. The molecule has 36 heavy (non-hydrogen) atoms. The van der Waals surface area contributed by atoms with Crippen LogP contribution in [-0.2, 0) is 0 Å². The molecule has 0 radical (unpaired) electrons. The van der Waals surface area contributed by atoms with Gasteiger partial charge in [0.2, 0.25) is 6.79 Å². The van der Waals surface area contributed by atoms with Gasteiger partial charge in [0.05, 0.1) is 30.9 Å². The second-order valence-electron chi connectivity index (χ2n) is 8.11. The number of benzene rings is 2. The summed E-state index contributed by atoms with van der Waals surface area (Å²) in [5.74, 6) is 2.06. The molecule has 0 aliphatic carbocycles. The van der Waals surface area contributed by atoms with Crippen LogP contribution in [0.1, 0.15) is 10.4 Å². The molecule has 0 spiro atoms. The fourth-order valence-electron chi connectivity index (χ4n) is 4.20. The van der Waals surface area contributed by atoms with Crippen LogP contribution in [0.3, 0.4) is 0 Å². The first-order valence-corrected chi connectivity index (χ1v) is 11.2. The van der Waals surface area contributed by atoms with Gasteiger partial charge in [0.15, 0.2) is 28.8 Å². The number of carbonyl (C=O) groups is 1. The molecule has 2 aliphatic rings. The molecule has 1 saturated heterocycles. The van der Waals surface area contributed by atoms with Crippen LogP contribution in [0.2, 0.25) is 0 Å². The van der Waals surface area contributed by atoms with Gasteiger partial charge in [-0.25, -0.2) is 0 Å². The number of aromatic nitrogens is 2. The molecule has 0 atom stereocenters. The third kappa shape index (κ3) is 4.28. The number of hydrogen-bond acceptors (Lipinski definition) is 10. The number of methoxy groups -OCH3 is 2. The minimum absolute atomic E-state index is 0.0426. The molecule has 0 N–H and O–H groups in total. The van der Waals surface area contributed by atoms with Gasteiger partial charge in [0, 0.05) is 37.8 Å². The summed E-state index contributed by atoms with van der Waals surface area (Å²) in [6.45, 7) is 1.96. The van der Waals surface area contributed by atoms with E-state index < -0.39 is 10.8 Å². The van der Waals surface area contributed by atoms with Crippen molar-refractivity contribution in [3.05, 3.63) is 58.1 Å². The van der Waals surface area contributed by atoms with Crippen LogP contribution in [0, 0.1) is 10.1 Å². The highest BCUT2D eigenvalue weighted by Crippen LogP contribution is 2.36. The Hall–Kier alpha value is -4.61. The summed E-state index contributed by atoms with van der Waals surface area (Å²) < 4.78 is 21.1. The molecule has 0 unspecified atom stereocenters. The molecule has 2 aliphatic heterocycles. The quantitative estimate of drug-likeness (QED) is 0.373. The van der Waals surface area contributed by atoms with E-state index in [0.29, 0.717) is 49.2 Å². The molecule has 186 valence electrons. The van der Waals surface area contributed by atoms with Crippen molar-refractivity contribution in [1.82, 2.24) is 15.1 Å². The summed E-state index contributed by atoms with van der Waals surface area (Å²) in [5, 5.41) is 20.3. The van der Waals surface area contributed by atoms with Crippen LogP contribution in [0.25, 0.3) is 11.3 Å². The number of piperazine rings is 1. The van der Waals surface area contributed by atoms with Gasteiger partial charge in [-0.15, -0.1) is 10.2 Å². The molecular formula is C24H23N5O7. The number of nitro benzene ring substituents is 1. The molecule has 0 saturated carbocycles. The lowest BCUT2D eigenvalue weighted by Crippen LogP contribution is -2.49. The van der Waals surface area contributed by atoms with Crippen molar-refractivity contribution < 1.29 is 28.7 Å². The molecule has 1 fully saturated rings. The maximum Gasteiger partial charge on any atom is 0.286 e. The third-order valence-electron chi connectivity index (χ3n) is 6.14. The van der Waals surface area contributed by atoms with Gasteiger partial charge in [-0.05, 0) is 30.3 Å². The van der Waals surface area contributed by atoms with E-state index in [2.05, 4.69) is 10.2 Å². The van der Waals surface area contributed by atoms with E-state index in [1.54, 1.807) is 4.90 Å². The summed E-state index contributed by atoms with van der Waals surface area (Å²) >= 11 is 0. The van der Waals surface area contributed by atoms with Crippen LogP contribution in [0.15, 0.2) is 42.5 Å². The molecular weight excluding hydrogens is 470 g/mol. The molecule has 1 aromatic heterocycles. The Morgan fingerprint density at radius 2 is 1.67 bits per heavy atom. The van der Waals surface area contributed by atoms with Crippen LogP contribution in [-0.4, -0.2) is 73.1 Å². The average molecular weight is 493 g/mol. The highest BCUT2D eigenvalue weighted by molar-refractivity contribution is 5.99. The summed E-state index contributed by atoms with van der Waals surface area (Å²) in [5.41, 5.74) is 1.20. The van der Waals surface area contributed by atoms with Crippen molar-refractivity contribution in [3.8, 4) is 34.3 Å². The van der Waals surface area contributed by atoms with E-state index in [1.807, 2.05) is 35.2 Å². The summed E-state index contributed by atoms with van der Waals surface area (Å²) in [4.78, 5) is 27.8. The summed E-state index contributed by atoms with van der Waals surface area (Å²) in [6, 6.07) is 11.9. The van der Waals surface area contributed by atoms with Gasteiger partial charge in [-0.3, -0.25) is 14.9 Å². The minimum atomic E-state index is -0.595. The number of hydrogen-bond donors (Lipinski definition) is 0. The number of carbonyl (C=O) groups excluding carboxylic acids is 1. The molecule has 5 rings (SSSR count). The number of nitro groups is 1. The fourth-order valence-corrected chi connectivity index (χ4v) is 4.20. The maximum atomic E-state index is 13.2. The molecule has 12 nitrogen and oxygen atoms in total. The topological polar surface area (TPSA) is 129 Å². The lowest BCUT2D eigenvalue weighted by Gasteiger charge is -2.35. The predicted octanol–water partition coefficient (Wildman–Crippen LogP) is 2.76. The van der Waals surface area contributed by atoms with Crippen molar-refractivity contribution in [2.75, 3.05) is 52.1 Å². The second-order valence-corrected chi connectivity index (χ2v) is 8.11. The predicted molar refractivity (Wildman–Crippen MR) is 128 cm³/mol. The molecule has 1 amide bonds. The van der Waals surface area contributed by atoms with Gasteiger partial charge in [0.1, 0.15) is 5.56 Å². The Balaban J connectivity index is 1.27. The van der Waals surface area contributed by atoms with Crippen LogP contribution in [0.5, 0.6) is 23.0 Å². The molecule has 3 heterocycles. The zero-order valence-corrected chi connectivity index (χ0v) is 19.7. The SMILES string of the molecule is COc1cc(C(=O)N2CCN(c3ccc(-c4ccc5c(c4)OCO5)nn3)CC2)c([N+](=O)[O-])cc1OC. The van der Waals surface area contributed by atoms with Gasteiger partial charge in [-0.1, -0.05) is 0 Å². The highest BCUT2D eigenvalue weighted by Gasteiger charge is 2.30. The van der Waals surface area contributed by atoms with Crippen LogP contribution < -0.4 is 23.8 Å². The lowest BCUT2D eigenvalue weighted by molar-refractivity contribution is -0.385. The lowest BCUT2D eigenvalue weighted by atomic mass is 10.1. The summed E-state index contributed by atoms with van der Waals surface area (Å²) in [7, 11) is 2.79. The Labute approximate surface area is 206 Å². The molecule has 2 aromatic carbocycles. The van der Waals surface area contributed by atoms with E-state index in [0.717, 1.165) is 5.56 Å². The number of fused-ring (bicyclic) bond motifs is 1. The Bertz CT molecular complexity index is 1310. The largest absolute Gasteiger partial charge is 0.493 e. The van der Waals surface area contributed by atoms with Gasteiger partial charge < -0.3 is 28.7 Å². The van der Waals surface area contributed by atoms with E-state index in [1.165, 1.54) is 26.4 Å². The van der Waals surface area contributed by atoms with Crippen LogP contribution in [0.4, 0.5) is 11.5 Å². The van der Waals surface area contributed by atoms with Crippen molar-refractivity contribution in [2.45, 2.75) is 0 Å². The number of nitrogens with zero attached hydrogens (tertiary/aromatic N) is 5. The molecule has 12 heteroatoms. The zero-order valence-electron chi connectivity index (χ0n) is 19.7. The number of ether oxygens (including phenoxy) is 4. The van der Waals surface area contributed by atoms with Crippen molar-refractivity contribution >= 4 is 17.4 Å². The van der Waals surface area contributed by atoms with Gasteiger partial charge >= 0.3 is 0 Å². The number of amides is 1. The Kier molecular flexibility index (Phi) is 6.15. The Morgan fingerprint density at radius 3 is 2.33 bits per heavy atom. The number of rotatable bonds is 6. The van der Waals surface area contributed by atoms with E-state index in [4.69, 9.17) is 18.9 Å². The van der Waals surface area contributed by atoms with Gasteiger partial charge in [0.25, 0.3) is 11.6 Å². The third-order valence-corrected chi connectivity index (χ3v) is 6.14. The van der Waals surface area contributed by atoms with E-state index >= 15 is 0 Å². The fraction of sp³-hybridized carbons (Fsp3) is 0.292. The minimum Gasteiger partial charge on any atom is -0.493 e. The van der Waals surface area contributed by atoms with Crippen LogP contribution >= 0.6 is 0 Å². The second kappa shape index (κ2) is 9.56.